The van der Waals surface area contributed by atoms with Gasteiger partial charge in [-0.3, -0.25) is 14.9 Å². The van der Waals surface area contributed by atoms with E-state index in [0.29, 0.717) is 5.92 Å². The van der Waals surface area contributed by atoms with Gasteiger partial charge in [-0.1, -0.05) is 19.8 Å². The van der Waals surface area contributed by atoms with Gasteiger partial charge in [0.1, 0.15) is 22.3 Å². The van der Waals surface area contributed by atoms with Crippen LogP contribution in [-0.2, 0) is 4.79 Å². The predicted octanol–water partition coefficient (Wildman–Crippen LogP) is 2.79. The predicted molar refractivity (Wildman–Crippen MR) is 78.5 cm³/mol. The fraction of sp³-hybridized carbons (Fsp3) is 0.467. The molecule has 0 aromatic carbocycles. The van der Waals surface area contributed by atoms with Crippen molar-refractivity contribution >= 4 is 17.9 Å². The molecular formula is C15H17N3O4. The molecule has 1 amide bonds. The number of nitro groups is 1. The first-order chi connectivity index (χ1) is 10.5. The molecule has 0 aliphatic heterocycles. The van der Waals surface area contributed by atoms with Crippen molar-refractivity contribution in [3.05, 3.63) is 33.6 Å². The zero-order chi connectivity index (χ0) is 16.1. The summed E-state index contributed by atoms with van der Waals surface area (Å²) in [6.45, 7) is 2.08. The first-order valence-electron chi connectivity index (χ1n) is 7.18. The summed E-state index contributed by atoms with van der Waals surface area (Å²) in [5, 5.41) is 22.5. The lowest BCUT2D eigenvalue weighted by Gasteiger charge is -2.29. The lowest BCUT2D eigenvalue weighted by Crippen LogP contribution is -2.41. The SMILES string of the molecule is C[C@H]1CCCC[C@@H]1NC(=O)/C(C#N)=C/c1ccc([N+](=O)[O-])o1. The summed E-state index contributed by atoms with van der Waals surface area (Å²) < 4.78 is 4.93. The maximum Gasteiger partial charge on any atom is 0.433 e. The van der Waals surface area contributed by atoms with Gasteiger partial charge in [0.05, 0.1) is 6.07 Å². The van der Waals surface area contributed by atoms with E-state index in [0.717, 1.165) is 25.7 Å². The summed E-state index contributed by atoms with van der Waals surface area (Å²) in [4.78, 5) is 22.0. The molecule has 1 saturated carbocycles. The van der Waals surface area contributed by atoms with Gasteiger partial charge in [-0.25, -0.2) is 0 Å². The van der Waals surface area contributed by atoms with E-state index in [1.165, 1.54) is 18.2 Å². The number of nitrogens with zero attached hydrogens (tertiary/aromatic N) is 2. The number of hydrogen-bond acceptors (Lipinski definition) is 5. The van der Waals surface area contributed by atoms with Crippen molar-refractivity contribution in [1.29, 1.82) is 5.26 Å². The van der Waals surface area contributed by atoms with Crippen LogP contribution in [-0.4, -0.2) is 16.9 Å². The van der Waals surface area contributed by atoms with Crippen LogP contribution in [0.2, 0.25) is 0 Å². The minimum atomic E-state index is -0.673. The summed E-state index contributed by atoms with van der Waals surface area (Å²) in [6, 6.07) is 4.41. The molecule has 1 aromatic heterocycles. The molecule has 2 atom stereocenters. The standard InChI is InChI=1S/C15H17N3O4/c1-10-4-2-3-5-13(10)17-15(19)11(9-16)8-12-6-7-14(22-12)18(20)21/h6-8,10,13H,2-5H2,1H3,(H,17,19)/b11-8+/t10-,13-/m0/s1. The molecule has 0 spiro atoms. The van der Waals surface area contributed by atoms with Crippen LogP contribution in [0.15, 0.2) is 22.1 Å². The Morgan fingerprint density at radius 3 is 2.82 bits per heavy atom. The smallest absolute Gasteiger partial charge is 0.401 e. The molecule has 1 aromatic rings. The fourth-order valence-electron chi connectivity index (χ4n) is 2.59. The van der Waals surface area contributed by atoms with Crippen molar-refractivity contribution in [1.82, 2.24) is 5.32 Å². The van der Waals surface area contributed by atoms with Gasteiger partial charge in [-0.05, 0) is 24.8 Å². The zero-order valence-corrected chi connectivity index (χ0v) is 12.2. The summed E-state index contributed by atoms with van der Waals surface area (Å²) >= 11 is 0. The minimum absolute atomic E-state index is 0.0592. The van der Waals surface area contributed by atoms with E-state index in [-0.39, 0.29) is 17.4 Å². The van der Waals surface area contributed by atoms with Gasteiger partial charge in [-0.2, -0.15) is 5.26 Å². The van der Waals surface area contributed by atoms with Crippen molar-refractivity contribution in [2.75, 3.05) is 0 Å². The van der Waals surface area contributed by atoms with E-state index in [1.54, 1.807) is 0 Å². The lowest BCUT2D eigenvalue weighted by atomic mass is 9.86. The maximum absolute atomic E-state index is 12.2. The first-order valence-corrected chi connectivity index (χ1v) is 7.18. The van der Waals surface area contributed by atoms with Crippen molar-refractivity contribution in [2.24, 2.45) is 5.92 Å². The molecular weight excluding hydrogens is 286 g/mol. The average Bonchev–Trinajstić information content (AvgIpc) is 2.96. The third kappa shape index (κ3) is 3.73. The van der Waals surface area contributed by atoms with Crippen LogP contribution in [0, 0.1) is 27.4 Å². The molecule has 1 N–H and O–H groups in total. The number of carbonyl (C=O) groups excluding carboxylic acids is 1. The van der Waals surface area contributed by atoms with Crippen LogP contribution in [0.1, 0.15) is 38.4 Å². The highest BCUT2D eigenvalue weighted by Gasteiger charge is 2.24. The Morgan fingerprint density at radius 1 is 1.50 bits per heavy atom. The Balaban J connectivity index is 2.09. The number of carbonyl (C=O) groups is 1. The van der Waals surface area contributed by atoms with Crippen LogP contribution in [0.25, 0.3) is 6.08 Å². The summed E-state index contributed by atoms with van der Waals surface area (Å²) in [5.74, 6) is -0.414. The van der Waals surface area contributed by atoms with Crippen LogP contribution >= 0.6 is 0 Å². The van der Waals surface area contributed by atoms with Crippen molar-refractivity contribution < 1.29 is 14.1 Å². The number of nitriles is 1. The Labute approximate surface area is 127 Å². The number of nitrogens with one attached hydrogen (secondary N) is 1. The normalized spacial score (nSPS) is 21.9. The monoisotopic (exact) mass is 303 g/mol. The molecule has 1 fully saturated rings. The highest BCUT2D eigenvalue weighted by Crippen LogP contribution is 2.24. The molecule has 0 bridgehead atoms. The molecule has 22 heavy (non-hydrogen) atoms. The second-order valence-electron chi connectivity index (χ2n) is 5.44. The Bertz CT molecular complexity index is 641. The first kappa shape index (κ1) is 15.8. The molecule has 0 radical (unpaired) electrons. The lowest BCUT2D eigenvalue weighted by molar-refractivity contribution is -0.402. The van der Waals surface area contributed by atoms with Crippen LogP contribution in [0.3, 0.4) is 0 Å². The van der Waals surface area contributed by atoms with E-state index < -0.39 is 16.7 Å². The van der Waals surface area contributed by atoms with E-state index in [9.17, 15) is 14.9 Å². The average molecular weight is 303 g/mol. The van der Waals surface area contributed by atoms with E-state index >= 15 is 0 Å². The zero-order valence-electron chi connectivity index (χ0n) is 12.2. The third-order valence-electron chi connectivity index (χ3n) is 3.87. The highest BCUT2D eigenvalue weighted by atomic mass is 16.6. The largest absolute Gasteiger partial charge is 0.433 e. The van der Waals surface area contributed by atoms with Gasteiger partial charge < -0.3 is 9.73 Å². The van der Waals surface area contributed by atoms with Crippen molar-refractivity contribution in [2.45, 2.75) is 38.6 Å². The van der Waals surface area contributed by atoms with Crippen LogP contribution < -0.4 is 5.32 Å². The van der Waals surface area contributed by atoms with Gasteiger partial charge in [-0.15, -0.1) is 0 Å². The van der Waals surface area contributed by atoms with Gasteiger partial charge >= 0.3 is 5.88 Å². The molecule has 0 saturated heterocycles. The van der Waals surface area contributed by atoms with Gasteiger partial charge in [0.15, 0.2) is 0 Å². The number of hydrogen-bond donors (Lipinski definition) is 1. The third-order valence-corrected chi connectivity index (χ3v) is 3.87. The molecule has 1 aliphatic carbocycles. The van der Waals surface area contributed by atoms with Gasteiger partial charge in [0.25, 0.3) is 5.91 Å². The number of amides is 1. The van der Waals surface area contributed by atoms with E-state index in [2.05, 4.69) is 12.2 Å². The molecule has 1 aliphatic rings. The maximum atomic E-state index is 12.2. The topological polar surface area (TPSA) is 109 Å². The van der Waals surface area contributed by atoms with E-state index in [1.807, 2.05) is 6.07 Å². The molecule has 116 valence electrons. The summed E-state index contributed by atoms with van der Waals surface area (Å²) in [6.07, 6.45) is 5.39. The van der Waals surface area contributed by atoms with Crippen LogP contribution in [0.5, 0.6) is 0 Å². The van der Waals surface area contributed by atoms with Gasteiger partial charge in [0.2, 0.25) is 0 Å². The summed E-state index contributed by atoms with van der Waals surface area (Å²) in [7, 11) is 0. The molecule has 7 heteroatoms. The molecule has 7 nitrogen and oxygen atoms in total. The Morgan fingerprint density at radius 2 is 2.23 bits per heavy atom. The highest BCUT2D eigenvalue weighted by molar-refractivity contribution is 6.01. The van der Waals surface area contributed by atoms with Crippen molar-refractivity contribution in [3.8, 4) is 6.07 Å². The quantitative estimate of drug-likeness (QED) is 0.398. The fourth-order valence-corrected chi connectivity index (χ4v) is 2.59. The van der Waals surface area contributed by atoms with Crippen molar-refractivity contribution in [3.63, 3.8) is 0 Å². The Hall–Kier alpha value is -2.62. The number of furan rings is 1. The minimum Gasteiger partial charge on any atom is -0.401 e. The Kier molecular flexibility index (Phi) is 4.94. The summed E-state index contributed by atoms with van der Waals surface area (Å²) in [5.41, 5.74) is -0.123. The second-order valence-corrected chi connectivity index (χ2v) is 5.44. The molecule has 0 unspecified atom stereocenters. The number of rotatable bonds is 4. The van der Waals surface area contributed by atoms with Gasteiger partial charge in [0, 0.05) is 12.1 Å². The van der Waals surface area contributed by atoms with Crippen LogP contribution in [0.4, 0.5) is 5.88 Å². The molecule has 2 rings (SSSR count). The van der Waals surface area contributed by atoms with E-state index in [4.69, 9.17) is 9.68 Å². The second kappa shape index (κ2) is 6.89. The molecule has 1 heterocycles.